The fraction of sp³-hybridized carbons (Fsp3) is 0.848. The van der Waals surface area contributed by atoms with Gasteiger partial charge in [-0.25, -0.2) is 0 Å². The third-order valence-corrected chi connectivity index (χ3v) is 8.85. The highest BCUT2D eigenvalue weighted by Crippen LogP contribution is 2.39. The topological polar surface area (TPSA) is 97.4 Å². The molecule has 41 heavy (non-hydrogen) atoms. The Morgan fingerprint density at radius 3 is 2.37 bits per heavy atom. The molecule has 0 spiro atoms. The van der Waals surface area contributed by atoms with Gasteiger partial charge in [-0.3, -0.25) is 14.4 Å². The molecular formula is C33H54O8. The number of methoxy groups -OCH3 is 1. The van der Waals surface area contributed by atoms with E-state index < -0.39 is 5.97 Å². The molecule has 0 amide bonds. The van der Waals surface area contributed by atoms with E-state index in [1.54, 1.807) is 0 Å². The van der Waals surface area contributed by atoms with Gasteiger partial charge in [0.2, 0.25) is 0 Å². The molecule has 234 valence electrons. The van der Waals surface area contributed by atoms with Crippen LogP contribution in [0, 0.1) is 17.3 Å². The minimum absolute atomic E-state index is 0.0841. The lowest BCUT2D eigenvalue weighted by molar-refractivity contribution is -0.198. The molecule has 0 aromatic heterocycles. The quantitative estimate of drug-likeness (QED) is 0.0837. The molecule has 3 fully saturated rings. The number of esters is 1. The van der Waals surface area contributed by atoms with E-state index in [9.17, 15) is 14.4 Å². The number of hydrogen-bond acceptors (Lipinski definition) is 8. The molecule has 8 heteroatoms. The summed E-state index contributed by atoms with van der Waals surface area (Å²) in [7, 11) is 1.29. The van der Waals surface area contributed by atoms with E-state index in [2.05, 4.69) is 37.7 Å². The predicted molar refractivity (Wildman–Crippen MR) is 156 cm³/mol. The molecule has 0 aromatic carbocycles. The summed E-state index contributed by atoms with van der Waals surface area (Å²) in [5, 5.41) is 0. The Morgan fingerprint density at radius 2 is 1.73 bits per heavy atom. The number of Topliss-reactive ketones (excluding diaryl/α,β-unsaturated/α-hetero) is 2. The van der Waals surface area contributed by atoms with Gasteiger partial charge in [0.05, 0.1) is 19.3 Å². The SMILES string of the molecule is CCCCC(C)(C)[C@@H](C=C[C@H]1[C@H](OC2CCCCO2)CC(=O)[C@@H]1CCCCC(=O)CC(=O)OC)OC1CCCCO1. The minimum atomic E-state index is -0.506. The maximum Gasteiger partial charge on any atom is 0.313 e. The number of ether oxygens (including phenoxy) is 5. The predicted octanol–water partition coefficient (Wildman–Crippen LogP) is 6.48. The van der Waals surface area contributed by atoms with Crippen LogP contribution in [0.4, 0.5) is 0 Å². The summed E-state index contributed by atoms with van der Waals surface area (Å²) in [6.07, 6.45) is 15.4. The first-order valence-corrected chi connectivity index (χ1v) is 16.1. The molecule has 2 aliphatic heterocycles. The van der Waals surface area contributed by atoms with Crippen molar-refractivity contribution in [1.29, 1.82) is 0 Å². The van der Waals surface area contributed by atoms with E-state index in [-0.39, 0.29) is 60.0 Å². The van der Waals surface area contributed by atoms with Crippen molar-refractivity contribution in [2.45, 2.75) is 142 Å². The fourth-order valence-electron chi connectivity index (χ4n) is 6.21. The zero-order valence-electron chi connectivity index (χ0n) is 25.9. The summed E-state index contributed by atoms with van der Waals surface area (Å²) in [4.78, 5) is 36.8. The lowest BCUT2D eigenvalue weighted by Crippen LogP contribution is -2.37. The summed E-state index contributed by atoms with van der Waals surface area (Å²) in [6.45, 7) is 8.14. The first-order valence-electron chi connectivity index (χ1n) is 16.1. The molecule has 2 unspecified atom stereocenters. The Morgan fingerprint density at radius 1 is 1.02 bits per heavy atom. The molecule has 1 saturated carbocycles. The number of carbonyl (C=O) groups excluding carboxylic acids is 3. The largest absolute Gasteiger partial charge is 0.469 e. The molecule has 0 aromatic rings. The smallest absolute Gasteiger partial charge is 0.313 e. The van der Waals surface area contributed by atoms with Gasteiger partial charge in [-0.2, -0.15) is 0 Å². The Labute approximate surface area is 247 Å². The summed E-state index contributed by atoms with van der Waals surface area (Å²) in [5.74, 6) is -0.686. The van der Waals surface area contributed by atoms with Gasteiger partial charge in [-0.15, -0.1) is 0 Å². The average molecular weight is 579 g/mol. The molecule has 3 rings (SSSR count). The maximum absolute atomic E-state index is 13.3. The van der Waals surface area contributed by atoms with Crippen LogP contribution in [-0.2, 0) is 38.1 Å². The van der Waals surface area contributed by atoms with Crippen LogP contribution < -0.4 is 0 Å². The van der Waals surface area contributed by atoms with E-state index in [4.69, 9.17) is 18.9 Å². The van der Waals surface area contributed by atoms with E-state index >= 15 is 0 Å². The number of rotatable bonds is 17. The summed E-state index contributed by atoms with van der Waals surface area (Å²) in [6, 6.07) is 0. The highest BCUT2D eigenvalue weighted by atomic mass is 16.7. The van der Waals surface area contributed by atoms with Crippen LogP contribution in [0.25, 0.3) is 0 Å². The van der Waals surface area contributed by atoms with E-state index in [0.717, 1.165) is 70.8 Å². The van der Waals surface area contributed by atoms with Gasteiger partial charge in [-0.1, -0.05) is 52.2 Å². The Kier molecular flexibility index (Phi) is 14.5. The number of carbonyl (C=O) groups is 3. The highest BCUT2D eigenvalue weighted by Gasteiger charge is 2.43. The third-order valence-electron chi connectivity index (χ3n) is 8.85. The number of hydrogen-bond donors (Lipinski definition) is 0. The first-order chi connectivity index (χ1) is 19.7. The number of unbranched alkanes of at least 4 members (excludes halogenated alkanes) is 2. The van der Waals surface area contributed by atoms with Crippen molar-refractivity contribution < 1.29 is 38.1 Å². The van der Waals surface area contributed by atoms with Gasteiger partial charge in [0, 0.05) is 37.9 Å². The van der Waals surface area contributed by atoms with E-state index in [0.29, 0.717) is 32.3 Å². The van der Waals surface area contributed by atoms with Crippen molar-refractivity contribution in [3.8, 4) is 0 Å². The van der Waals surface area contributed by atoms with Crippen molar-refractivity contribution in [1.82, 2.24) is 0 Å². The van der Waals surface area contributed by atoms with Crippen molar-refractivity contribution in [3.63, 3.8) is 0 Å². The summed E-state index contributed by atoms with van der Waals surface area (Å²) >= 11 is 0. The maximum atomic E-state index is 13.3. The first kappa shape index (κ1) is 33.9. The monoisotopic (exact) mass is 578 g/mol. The van der Waals surface area contributed by atoms with Gasteiger partial charge in [0.15, 0.2) is 12.6 Å². The fourth-order valence-corrected chi connectivity index (χ4v) is 6.21. The summed E-state index contributed by atoms with van der Waals surface area (Å²) in [5.41, 5.74) is -0.0890. The molecular weight excluding hydrogens is 524 g/mol. The summed E-state index contributed by atoms with van der Waals surface area (Å²) < 4.78 is 29.4. The lowest BCUT2D eigenvalue weighted by atomic mass is 9.80. The van der Waals surface area contributed by atoms with Gasteiger partial charge >= 0.3 is 5.97 Å². The van der Waals surface area contributed by atoms with Crippen LogP contribution in [0.1, 0.15) is 117 Å². The van der Waals surface area contributed by atoms with Crippen LogP contribution in [0.5, 0.6) is 0 Å². The van der Waals surface area contributed by atoms with Crippen LogP contribution in [0.15, 0.2) is 12.2 Å². The second-order valence-electron chi connectivity index (χ2n) is 12.7. The second kappa shape index (κ2) is 17.5. The van der Waals surface area contributed by atoms with E-state index in [1.165, 1.54) is 7.11 Å². The second-order valence-corrected chi connectivity index (χ2v) is 12.7. The molecule has 2 heterocycles. The van der Waals surface area contributed by atoms with Gasteiger partial charge in [-0.05, 0) is 63.2 Å². The third kappa shape index (κ3) is 11.2. The average Bonchev–Trinajstić information content (AvgIpc) is 3.26. The molecule has 0 bridgehead atoms. The Hall–Kier alpha value is -1.61. The highest BCUT2D eigenvalue weighted by molar-refractivity contribution is 5.95. The van der Waals surface area contributed by atoms with Crippen molar-refractivity contribution >= 4 is 17.5 Å². The van der Waals surface area contributed by atoms with E-state index in [1.807, 2.05) is 0 Å². The molecule has 8 nitrogen and oxygen atoms in total. The molecule has 0 N–H and O–H groups in total. The van der Waals surface area contributed by atoms with Crippen molar-refractivity contribution in [2.24, 2.45) is 17.3 Å². The van der Waals surface area contributed by atoms with Crippen LogP contribution in [-0.4, -0.2) is 62.6 Å². The molecule has 3 aliphatic rings. The molecule has 6 atom stereocenters. The zero-order chi connectivity index (χ0) is 29.7. The van der Waals surface area contributed by atoms with Gasteiger partial charge in [0.25, 0.3) is 0 Å². The van der Waals surface area contributed by atoms with Crippen LogP contribution in [0.2, 0.25) is 0 Å². The standard InChI is InChI=1S/C33H54O8/c1-5-6-19-33(2,3)29(41-32-16-10-12-21-39-32)18-17-26-25(14-8-7-13-24(34)22-30(36)37-4)27(35)23-28(26)40-31-15-9-11-20-38-31/h17-18,25-26,28-29,31-32H,5-16,19-23H2,1-4H3/t25-,26-,28-,29-,31?,32?/m1/s1. The zero-order valence-corrected chi connectivity index (χ0v) is 25.9. The van der Waals surface area contributed by atoms with Crippen molar-refractivity contribution in [2.75, 3.05) is 20.3 Å². The molecule has 1 aliphatic carbocycles. The lowest BCUT2D eigenvalue weighted by Gasteiger charge is -2.36. The Bertz CT molecular complexity index is 840. The number of ketones is 2. The minimum Gasteiger partial charge on any atom is -0.469 e. The van der Waals surface area contributed by atoms with Crippen LogP contribution >= 0.6 is 0 Å². The van der Waals surface area contributed by atoms with Crippen LogP contribution in [0.3, 0.4) is 0 Å². The van der Waals surface area contributed by atoms with Gasteiger partial charge < -0.3 is 23.7 Å². The van der Waals surface area contributed by atoms with Gasteiger partial charge in [0.1, 0.15) is 18.0 Å². The molecule has 0 radical (unpaired) electrons. The van der Waals surface area contributed by atoms with Crippen molar-refractivity contribution in [3.05, 3.63) is 12.2 Å². The Balaban J connectivity index is 1.72. The normalized spacial score (nSPS) is 28.2. The molecule has 2 saturated heterocycles.